The summed E-state index contributed by atoms with van der Waals surface area (Å²) in [5.41, 5.74) is 3.17. The van der Waals surface area contributed by atoms with Crippen LogP contribution in [0.2, 0.25) is 18.1 Å². The molecule has 0 radical (unpaired) electrons. The number of imidazole rings is 1. The van der Waals surface area contributed by atoms with E-state index in [1.165, 1.54) is 12.4 Å². The molecule has 0 saturated heterocycles. The van der Waals surface area contributed by atoms with Crippen LogP contribution in [0.1, 0.15) is 40.2 Å². The van der Waals surface area contributed by atoms with Crippen molar-refractivity contribution in [3.63, 3.8) is 0 Å². The molecule has 0 unspecified atom stereocenters. The Morgan fingerprint density at radius 1 is 1.21 bits per heavy atom. The van der Waals surface area contributed by atoms with Crippen molar-refractivity contribution in [1.82, 2.24) is 15.0 Å². The van der Waals surface area contributed by atoms with E-state index in [0.717, 1.165) is 16.8 Å². The minimum absolute atomic E-state index is 0.0695. The number of halogens is 1. The zero-order chi connectivity index (χ0) is 24.9. The molecule has 1 N–H and O–H groups in total. The SMILES string of the molecule is CC1(C)C(=O)N(CCO[Si](C)(C)C(C)(C)C)c2cc(-c3c[nH]c(-c4ccncc4F)n3)ccc21. The van der Waals surface area contributed by atoms with E-state index in [0.29, 0.717) is 30.2 Å². The van der Waals surface area contributed by atoms with Gasteiger partial charge in [-0.05, 0) is 49.7 Å². The maximum atomic E-state index is 14.1. The second-order valence-electron chi connectivity index (χ2n) is 10.9. The quantitative estimate of drug-likeness (QED) is 0.444. The van der Waals surface area contributed by atoms with Crippen molar-refractivity contribution in [3.8, 4) is 22.6 Å². The van der Waals surface area contributed by atoms with E-state index in [2.05, 4.69) is 48.8 Å². The molecule has 0 atom stereocenters. The Kier molecular flexibility index (Phi) is 6.02. The zero-order valence-corrected chi connectivity index (χ0v) is 22.0. The lowest BCUT2D eigenvalue weighted by molar-refractivity contribution is -0.122. The fraction of sp³-hybridized carbons (Fsp3) is 0.423. The number of amides is 1. The summed E-state index contributed by atoms with van der Waals surface area (Å²) >= 11 is 0. The average molecular weight is 481 g/mol. The van der Waals surface area contributed by atoms with Gasteiger partial charge in [0.15, 0.2) is 14.1 Å². The van der Waals surface area contributed by atoms with E-state index < -0.39 is 19.5 Å². The summed E-state index contributed by atoms with van der Waals surface area (Å²) in [6, 6.07) is 7.55. The van der Waals surface area contributed by atoms with E-state index in [9.17, 15) is 9.18 Å². The summed E-state index contributed by atoms with van der Waals surface area (Å²) in [4.78, 5) is 26.6. The van der Waals surface area contributed by atoms with Crippen molar-refractivity contribution in [1.29, 1.82) is 0 Å². The first-order valence-electron chi connectivity index (χ1n) is 11.6. The smallest absolute Gasteiger partial charge is 0.237 e. The Bertz CT molecular complexity index is 1230. The Morgan fingerprint density at radius 2 is 1.94 bits per heavy atom. The summed E-state index contributed by atoms with van der Waals surface area (Å²) in [6.07, 6.45) is 4.46. The van der Waals surface area contributed by atoms with Crippen LogP contribution in [0.5, 0.6) is 0 Å². The number of nitrogens with one attached hydrogen (secondary N) is 1. The van der Waals surface area contributed by atoms with Crippen molar-refractivity contribution in [2.45, 2.75) is 58.2 Å². The summed E-state index contributed by atoms with van der Waals surface area (Å²) in [7, 11) is -1.91. The predicted molar refractivity (Wildman–Crippen MR) is 136 cm³/mol. The molecule has 0 bridgehead atoms. The van der Waals surface area contributed by atoms with Gasteiger partial charge in [-0.3, -0.25) is 9.78 Å². The number of nitrogens with zero attached hydrogens (tertiary/aromatic N) is 3. The van der Waals surface area contributed by atoms with Crippen LogP contribution in [-0.2, 0) is 14.6 Å². The lowest BCUT2D eigenvalue weighted by atomic mass is 9.86. The van der Waals surface area contributed by atoms with Crippen molar-refractivity contribution >= 4 is 19.9 Å². The first kappa shape index (κ1) is 24.3. The molecular formula is C26H33FN4O2Si. The number of carbonyl (C=O) groups is 1. The molecule has 0 aliphatic carbocycles. The lowest BCUT2D eigenvalue weighted by Crippen LogP contribution is -2.44. The number of aromatic nitrogens is 3. The summed E-state index contributed by atoms with van der Waals surface area (Å²) < 4.78 is 20.5. The first-order chi connectivity index (χ1) is 15.8. The topological polar surface area (TPSA) is 71.1 Å². The second-order valence-corrected chi connectivity index (χ2v) is 15.7. The van der Waals surface area contributed by atoms with Gasteiger partial charge in [-0.1, -0.05) is 32.9 Å². The van der Waals surface area contributed by atoms with Crippen LogP contribution in [0.4, 0.5) is 10.1 Å². The van der Waals surface area contributed by atoms with E-state index >= 15 is 0 Å². The molecule has 0 fully saturated rings. The highest BCUT2D eigenvalue weighted by molar-refractivity contribution is 6.74. The number of benzene rings is 1. The van der Waals surface area contributed by atoms with Gasteiger partial charge in [0.2, 0.25) is 5.91 Å². The molecule has 1 amide bonds. The van der Waals surface area contributed by atoms with Gasteiger partial charge >= 0.3 is 0 Å². The number of hydrogen-bond donors (Lipinski definition) is 1. The van der Waals surface area contributed by atoms with Crippen molar-refractivity contribution < 1.29 is 13.6 Å². The molecule has 1 aromatic carbocycles. The molecule has 34 heavy (non-hydrogen) atoms. The highest BCUT2D eigenvalue weighted by Gasteiger charge is 2.44. The first-order valence-corrected chi connectivity index (χ1v) is 14.5. The molecule has 3 heterocycles. The molecule has 3 aromatic rings. The third kappa shape index (κ3) is 4.20. The number of aromatic amines is 1. The predicted octanol–water partition coefficient (Wildman–Crippen LogP) is 5.92. The van der Waals surface area contributed by atoms with Crippen LogP contribution in [0.15, 0.2) is 42.9 Å². The minimum Gasteiger partial charge on any atom is -0.415 e. The molecule has 1 aliphatic rings. The number of carbonyl (C=O) groups excluding carboxylic acids is 1. The number of hydrogen-bond acceptors (Lipinski definition) is 4. The number of rotatable bonds is 6. The Hall–Kier alpha value is -2.84. The fourth-order valence-electron chi connectivity index (χ4n) is 4.01. The summed E-state index contributed by atoms with van der Waals surface area (Å²) in [5, 5.41) is 0.109. The van der Waals surface area contributed by atoms with Crippen molar-refractivity contribution in [2.75, 3.05) is 18.1 Å². The van der Waals surface area contributed by atoms with Crippen LogP contribution in [0.25, 0.3) is 22.6 Å². The van der Waals surface area contributed by atoms with E-state index in [-0.39, 0.29) is 10.9 Å². The van der Waals surface area contributed by atoms with Crippen LogP contribution < -0.4 is 4.90 Å². The van der Waals surface area contributed by atoms with Crippen LogP contribution in [0.3, 0.4) is 0 Å². The Morgan fingerprint density at radius 3 is 2.62 bits per heavy atom. The molecule has 0 saturated carbocycles. The molecule has 2 aromatic heterocycles. The number of pyridine rings is 1. The summed E-state index contributed by atoms with van der Waals surface area (Å²) in [6.45, 7) is 16.0. The third-order valence-electron chi connectivity index (χ3n) is 7.23. The monoisotopic (exact) mass is 480 g/mol. The normalized spacial score (nSPS) is 15.6. The maximum absolute atomic E-state index is 14.1. The summed E-state index contributed by atoms with van der Waals surface area (Å²) in [5.74, 6) is 0.0732. The third-order valence-corrected chi connectivity index (χ3v) is 11.8. The average Bonchev–Trinajstić information content (AvgIpc) is 3.31. The van der Waals surface area contributed by atoms with E-state index in [1.807, 2.05) is 36.9 Å². The molecule has 8 heteroatoms. The standard InChI is InChI=1S/C26H33FN4O2Si/c1-25(2,3)34(6,7)33-13-12-31-22-14-17(8-9-19(22)26(4,5)24(31)32)21-16-29-23(30-21)18-10-11-28-15-20(18)27/h8-11,14-16H,12-13H2,1-7H3,(H,29,30). The highest BCUT2D eigenvalue weighted by atomic mass is 28.4. The van der Waals surface area contributed by atoms with Crippen LogP contribution in [-0.4, -0.2) is 42.3 Å². The zero-order valence-electron chi connectivity index (χ0n) is 21.0. The molecule has 1 aliphatic heterocycles. The number of anilines is 1. The van der Waals surface area contributed by atoms with Gasteiger partial charge in [0.25, 0.3) is 0 Å². The highest BCUT2D eigenvalue weighted by Crippen LogP contribution is 2.43. The fourth-order valence-corrected chi connectivity index (χ4v) is 5.04. The van der Waals surface area contributed by atoms with Gasteiger partial charge in [0.05, 0.1) is 29.5 Å². The lowest BCUT2D eigenvalue weighted by Gasteiger charge is -2.36. The molecular weight excluding hydrogens is 447 g/mol. The molecule has 6 nitrogen and oxygen atoms in total. The number of fused-ring (bicyclic) bond motifs is 1. The van der Waals surface area contributed by atoms with E-state index in [1.54, 1.807) is 12.3 Å². The van der Waals surface area contributed by atoms with Gasteiger partial charge in [0.1, 0.15) is 5.82 Å². The second kappa shape index (κ2) is 8.43. The largest absolute Gasteiger partial charge is 0.415 e. The number of H-pyrrole nitrogens is 1. The van der Waals surface area contributed by atoms with Crippen molar-refractivity contribution in [3.05, 3.63) is 54.2 Å². The van der Waals surface area contributed by atoms with Crippen LogP contribution in [0, 0.1) is 5.82 Å². The van der Waals surface area contributed by atoms with Gasteiger partial charge in [-0.15, -0.1) is 0 Å². The molecule has 0 spiro atoms. The van der Waals surface area contributed by atoms with Gasteiger partial charge in [0, 0.05) is 30.2 Å². The van der Waals surface area contributed by atoms with E-state index in [4.69, 9.17) is 4.43 Å². The maximum Gasteiger partial charge on any atom is 0.237 e. The van der Waals surface area contributed by atoms with Gasteiger partial charge in [-0.2, -0.15) is 0 Å². The van der Waals surface area contributed by atoms with Crippen LogP contribution >= 0.6 is 0 Å². The Balaban J connectivity index is 1.62. The molecule has 180 valence electrons. The molecule has 4 rings (SSSR count). The van der Waals surface area contributed by atoms with Gasteiger partial charge < -0.3 is 14.3 Å². The van der Waals surface area contributed by atoms with Crippen molar-refractivity contribution in [2.24, 2.45) is 0 Å². The Labute approximate surface area is 201 Å². The van der Waals surface area contributed by atoms with Gasteiger partial charge in [-0.25, -0.2) is 9.37 Å². The minimum atomic E-state index is -1.91.